The van der Waals surface area contributed by atoms with Crippen molar-refractivity contribution >= 4 is 33.5 Å². The molecule has 1 aromatic rings. The SMILES string of the molecule is Cc1ccc(NC(=O)C2CC=CCC2C(=O)O)cc1Br. The fourth-order valence-electron chi connectivity index (χ4n) is 2.28. The second kappa shape index (κ2) is 6.22. The first-order chi connectivity index (χ1) is 9.49. The molecule has 0 saturated heterocycles. The number of allylic oxidation sites excluding steroid dienone is 2. The fourth-order valence-corrected chi connectivity index (χ4v) is 2.66. The summed E-state index contributed by atoms with van der Waals surface area (Å²) in [6, 6.07) is 5.53. The Kier molecular flexibility index (Phi) is 4.60. The van der Waals surface area contributed by atoms with E-state index in [2.05, 4.69) is 21.2 Å². The second-order valence-electron chi connectivity index (χ2n) is 4.95. The Balaban J connectivity index is 2.12. The van der Waals surface area contributed by atoms with Crippen molar-refractivity contribution in [2.75, 3.05) is 5.32 Å². The Hall–Kier alpha value is -1.62. The first kappa shape index (κ1) is 14.8. The second-order valence-corrected chi connectivity index (χ2v) is 5.80. The predicted molar refractivity (Wildman–Crippen MR) is 80.5 cm³/mol. The largest absolute Gasteiger partial charge is 0.481 e. The molecule has 20 heavy (non-hydrogen) atoms. The van der Waals surface area contributed by atoms with E-state index in [9.17, 15) is 14.7 Å². The molecule has 106 valence electrons. The minimum absolute atomic E-state index is 0.238. The number of aryl methyl sites for hydroxylation is 1. The molecule has 1 amide bonds. The zero-order valence-corrected chi connectivity index (χ0v) is 12.7. The number of hydrogen-bond donors (Lipinski definition) is 2. The van der Waals surface area contributed by atoms with Gasteiger partial charge in [-0.2, -0.15) is 0 Å². The van der Waals surface area contributed by atoms with Crippen molar-refractivity contribution in [3.05, 3.63) is 40.4 Å². The van der Waals surface area contributed by atoms with Crippen LogP contribution in [0.25, 0.3) is 0 Å². The van der Waals surface area contributed by atoms with Crippen LogP contribution in [0.3, 0.4) is 0 Å². The van der Waals surface area contributed by atoms with Crippen molar-refractivity contribution in [1.29, 1.82) is 0 Å². The number of hydrogen-bond acceptors (Lipinski definition) is 2. The summed E-state index contributed by atoms with van der Waals surface area (Å²) in [5.74, 6) is -2.32. The summed E-state index contributed by atoms with van der Waals surface area (Å²) >= 11 is 3.41. The number of nitrogens with one attached hydrogen (secondary N) is 1. The van der Waals surface area contributed by atoms with Crippen molar-refractivity contribution in [2.24, 2.45) is 11.8 Å². The van der Waals surface area contributed by atoms with Crippen LogP contribution in [-0.2, 0) is 9.59 Å². The minimum atomic E-state index is -0.917. The molecule has 2 atom stereocenters. The number of carboxylic acids is 1. The molecule has 0 saturated carbocycles. The quantitative estimate of drug-likeness (QED) is 0.831. The molecule has 2 unspecified atom stereocenters. The summed E-state index contributed by atoms with van der Waals surface area (Å²) < 4.78 is 0.911. The molecule has 0 bridgehead atoms. The predicted octanol–water partition coefficient (Wildman–Crippen LogP) is 3.36. The average molecular weight is 338 g/mol. The lowest BCUT2D eigenvalue weighted by molar-refractivity contribution is -0.146. The number of carboxylic acid groups (broad SMARTS) is 1. The van der Waals surface area contributed by atoms with Gasteiger partial charge in [0.1, 0.15) is 0 Å². The molecule has 2 N–H and O–H groups in total. The van der Waals surface area contributed by atoms with Gasteiger partial charge >= 0.3 is 5.97 Å². The number of benzene rings is 1. The molecule has 1 aliphatic carbocycles. The summed E-state index contributed by atoms with van der Waals surface area (Å²) in [5.41, 5.74) is 1.75. The molecule has 0 heterocycles. The van der Waals surface area contributed by atoms with E-state index >= 15 is 0 Å². The first-order valence-corrected chi connectivity index (χ1v) is 7.23. The van der Waals surface area contributed by atoms with Crippen LogP contribution in [-0.4, -0.2) is 17.0 Å². The lowest BCUT2D eigenvalue weighted by Gasteiger charge is -2.24. The summed E-state index contributed by atoms with van der Waals surface area (Å²) in [7, 11) is 0. The van der Waals surface area contributed by atoms with Crippen LogP contribution in [0.1, 0.15) is 18.4 Å². The van der Waals surface area contributed by atoms with E-state index in [4.69, 9.17) is 0 Å². The van der Waals surface area contributed by atoms with E-state index in [0.717, 1.165) is 10.0 Å². The maximum absolute atomic E-state index is 12.3. The van der Waals surface area contributed by atoms with Crippen LogP contribution in [0.15, 0.2) is 34.8 Å². The van der Waals surface area contributed by atoms with Gasteiger partial charge in [0.25, 0.3) is 0 Å². The van der Waals surface area contributed by atoms with Gasteiger partial charge in [-0.05, 0) is 37.5 Å². The van der Waals surface area contributed by atoms with Crippen molar-refractivity contribution in [3.63, 3.8) is 0 Å². The van der Waals surface area contributed by atoms with E-state index in [0.29, 0.717) is 18.5 Å². The third kappa shape index (κ3) is 3.28. The van der Waals surface area contributed by atoms with Crippen LogP contribution in [0.5, 0.6) is 0 Å². The molecular weight excluding hydrogens is 322 g/mol. The molecule has 0 fully saturated rings. The maximum Gasteiger partial charge on any atom is 0.307 e. The van der Waals surface area contributed by atoms with E-state index in [1.807, 2.05) is 37.3 Å². The zero-order valence-electron chi connectivity index (χ0n) is 11.1. The van der Waals surface area contributed by atoms with Gasteiger partial charge in [-0.3, -0.25) is 9.59 Å². The van der Waals surface area contributed by atoms with Gasteiger partial charge in [0.2, 0.25) is 5.91 Å². The highest BCUT2D eigenvalue weighted by atomic mass is 79.9. The Morgan fingerprint density at radius 1 is 1.25 bits per heavy atom. The number of halogens is 1. The van der Waals surface area contributed by atoms with Gasteiger partial charge < -0.3 is 10.4 Å². The van der Waals surface area contributed by atoms with E-state index in [1.165, 1.54) is 0 Å². The summed E-state index contributed by atoms with van der Waals surface area (Å²) in [5, 5.41) is 12.0. The van der Waals surface area contributed by atoms with Crippen LogP contribution in [0.2, 0.25) is 0 Å². The highest BCUT2D eigenvalue weighted by Gasteiger charge is 2.33. The standard InChI is InChI=1S/C15H16BrNO3/c1-9-6-7-10(8-13(9)16)17-14(18)11-4-2-3-5-12(11)15(19)20/h2-3,6-8,11-12H,4-5H2,1H3,(H,17,18)(H,19,20). The van der Waals surface area contributed by atoms with Crippen molar-refractivity contribution in [3.8, 4) is 0 Å². The fraction of sp³-hybridized carbons (Fsp3) is 0.333. The smallest absolute Gasteiger partial charge is 0.307 e. The van der Waals surface area contributed by atoms with Crippen LogP contribution in [0.4, 0.5) is 5.69 Å². The van der Waals surface area contributed by atoms with E-state index < -0.39 is 17.8 Å². The van der Waals surface area contributed by atoms with Gasteiger partial charge in [0, 0.05) is 10.2 Å². The molecule has 1 aliphatic rings. The van der Waals surface area contributed by atoms with Crippen LogP contribution >= 0.6 is 15.9 Å². The number of carbonyl (C=O) groups is 2. The van der Waals surface area contributed by atoms with Crippen molar-refractivity contribution in [1.82, 2.24) is 0 Å². The molecule has 0 aliphatic heterocycles. The molecular formula is C15H16BrNO3. The van der Waals surface area contributed by atoms with Gasteiger partial charge in [-0.15, -0.1) is 0 Å². The first-order valence-electron chi connectivity index (χ1n) is 6.44. The van der Waals surface area contributed by atoms with Crippen LogP contribution in [0, 0.1) is 18.8 Å². The van der Waals surface area contributed by atoms with Gasteiger partial charge in [-0.25, -0.2) is 0 Å². The molecule has 1 aromatic carbocycles. The third-order valence-corrected chi connectivity index (χ3v) is 4.38. The number of anilines is 1. The summed E-state index contributed by atoms with van der Waals surface area (Å²) in [4.78, 5) is 23.5. The highest BCUT2D eigenvalue weighted by molar-refractivity contribution is 9.10. The minimum Gasteiger partial charge on any atom is -0.481 e. The lowest BCUT2D eigenvalue weighted by Crippen LogP contribution is -2.34. The van der Waals surface area contributed by atoms with E-state index in [1.54, 1.807) is 0 Å². The molecule has 0 radical (unpaired) electrons. The molecule has 0 aromatic heterocycles. The normalized spacial score (nSPS) is 21.5. The highest BCUT2D eigenvalue weighted by Crippen LogP contribution is 2.28. The molecule has 2 rings (SSSR count). The number of amides is 1. The average Bonchev–Trinajstić information content (AvgIpc) is 2.43. The maximum atomic E-state index is 12.3. The lowest BCUT2D eigenvalue weighted by atomic mass is 9.82. The van der Waals surface area contributed by atoms with Gasteiger partial charge in [0.05, 0.1) is 11.8 Å². The van der Waals surface area contributed by atoms with E-state index in [-0.39, 0.29) is 5.91 Å². The monoisotopic (exact) mass is 337 g/mol. The number of carbonyl (C=O) groups excluding carboxylic acids is 1. The van der Waals surface area contributed by atoms with Crippen molar-refractivity contribution < 1.29 is 14.7 Å². The van der Waals surface area contributed by atoms with Gasteiger partial charge in [-0.1, -0.05) is 34.1 Å². The Bertz CT molecular complexity index is 568. The van der Waals surface area contributed by atoms with Gasteiger partial charge in [0.15, 0.2) is 0 Å². The molecule has 4 nitrogen and oxygen atoms in total. The molecule has 0 spiro atoms. The Labute approximate surface area is 126 Å². The summed E-state index contributed by atoms with van der Waals surface area (Å²) in [6.45, 7) is 1.96. The topological polar surface area (TPSA) is 66.4 Å². The number of rotatable bonds is 3. The zero-order chi connectivity index (χ0) is 14.7. The third-order valence-electron chi connectivity index (χ3n) is 3.53. The van der Waals surface area contributed by atoms with Crippen LogP contribution < -0.4 is 5.32 Å². The Morgan fingerprint density at radius 3 is 2.50 bits per heavy atom. The van der Waals surface area contributed by atoms with Crippen molar-refractivity contribution in [2.45, 2.75) is 19.8 Å². The number of aliphatic carboxylic acids is 1. The molecule has 5 heteroatoms. The Morgan fingerprint density at radius 2 is 1.90 bits per heavy atom. The summed E-state index contributed by atoms with van der Waals surface area (Å²) in [6.07, 6.45) is 4.57.